The van der Waals surface area contributed by atoms with E-state index < -0.39 is 6.17 Å². The average molecular weight is 183 g/mol. The van der Waals surface area contributed by atoms with E-state index in [-0.39, 0.29) is 5.54 Å². The molecule has 1 saturated carbocycles. The molecule has 3 aliphatic rings. The molecule has 0 radical (unpaired) electrons. The molecule has 3 rings (SSSR count). The van der Waals surface area contributed by atoms with Crippen LogP contribution in [0.3, 0.4) is 0 Å². The Kier molecular flexibility index (Phi) is 1.44. The Labute approximate surface area is 79.3 Å². The summed E-state index contributed by atoms with van der Waals surface area (Å²) in [6, 6.07) is 0. The largest absolute Gasteiger partial charge is 0.294 e. The van der Waals surface area contributed by atoms with Crippen molar-refractivity contribution in [2.45, 2.75) is 50.7 Å². The van der Waals surface area contributed by atoms with Gasteiger partial charge in [-0.3, -0.25) is 4.90 Å². The van der Waals surface area contributed by atoms with Crippen LogP contribution in [0.2, 0.25) is 0 Å². The molecule has 2 heteroatoms. The van der Waals surface area contributed by atoms with E-state index in [1.54, 1.807) is 0 Å². The van der Waals surface area contributed by atoms with Crippen LogP contribution >= 0.6 is 0 Å². The fourth-order valence-corrected chi connectivity index (χ4v) is 3.62. The van der Waals surface area contributed by atoms with Crippen LogP contribution in [0.4, 0.5) is 4.39 Å². The van der Waals surface area contributed by atoms with Crippen molar-refractivity contribution in [3.05, 3.63) is 0 Å². The van der Waals surface area contributed by atoms with E-state index in [9.17, 15) is 4.39 Å². The third-order valence-corrected chi connectivity index (χ3v) is 4.54. The maximum absolute atomic E-state index is 13.3. The highest BCUT2D eigenvalue weighted by atomic mass is 19.1. The summed E-state index contributed by atoms with van der Waals surface area (Å²) >= 11 is 0. The molecule has 0 aromatic heterocycles. The summed E-state index contributed by atoms with van der Waals surface area (Å²) in [6.07, 6.45) is 5.51. The zero-order valence-corrected chi connectivity index (χ0v) is 8.35. The molecule has 0 aromatic carbocycles. The molecule has 2 saturated heterocycles. The third kappa shape index (κ3) is 1.01. The van der Waals surface area contributed by atoms with E-state index in [4.69, 9.17) is 0 Å². The van der Waals surface area contributed by atoms with Crippen molar-refractivity contribution in [3.8, 4) is 0 Å². The summed E-state index contributed by atoms with van der Waals surface area (Å²) in [5.74, 6) is 0. The first kappa shape index (κ1) is 8.22. The Bertz CT molecular complexity index is 236. The number of hydrogen-bond donors (Lipinski definition) is 0. The van der Waals surface area contributed by atoms with E-state index in [2.05, 4.69) is 11.8 Å². The fraction of sp³-hybridized carbons (Fsp3) is 1.00. The maximum Gasteiger partial charge on any atom is 0.115 e. The molecule has 74 valence electrons. The zero-order valence-electron chi connectivity index (χ0n) is 8.35. The highest BCUT2D eigenvalue weighted by Crippen LogP contribution is 2.61. The Hall–Kier alpha value is -0.110. The van der Waals surface area contributed by atoms with Crippen LogP contribution in [0.15, 0.2) is 0 Å². The summed E-state index contributed by atoms with van der Waals surface area (Å²) < 4.78 is 13.3. The van der Waals surface area contributed by atoms with Gasteiger partial charge in [0.15, 0.2) is 0 Å². The lowest BCUT2D eigenvalue weighted by Crippen LogP contribution is -2.37. The standard InChI is InChI=1S/C11H18FN/c1-2-11-5-9(12)6-13(11)8-10(7-11)3-4-10/h9H,2-8H2,1H3. The summed E-state index contributed by atoms with van der Waals surface area (Å²) in [6.45, 7) is 4.14. The van der Waals surface area contributed by atoms with Gasteiger partial charge in [-0.15, -0.1) is 0 Å². The lowest BCUT2D eigenvalue weighted by atomic mass is 9.86. The van der Waals surface area contributed by atoms with Crippen molar-refractivity contribution in [1.82, 2.24) is 4.90 Å². The fourth-order valence-electron chi connectivity index (χ4n) is 3.62. The number of alkyl halides is 1. The van der Waals surface area contributed by atoms with Crippen LogP contribution in [0.1, 0.15) is 39.0 Å². The predicted octanol–water partition coefficient (Wildman–Crippen LogP) is 2.36. The summed E-state index contributed by atoms with van der Waals surface area (Å²) in [5.41, 5.74) is 0.923. The molecule has 1 spiro atoms. The highest BCUT2D eigenvalue weighted by molar-refractivity contribution is 5.14. The monoisotopic (exact) mass is 183 g/mol. The number of rotatable bonds is 1. The summed E-state index contributed by atoms with van der Waals surface area (Å²) in [5, 5.41) is 0. The van der Waals surface area contributed by atoms with Gasteiger partial charge in [-0.25, -0.2) is 4.39 Å². The predicted molar refractivity (Wildman–Crippen MR) is 50.4 cm³/mol. The van der Waals surface area contributed by atoms with Crippen molar-refractivity contribution >= 4 is 0 Å². The number of halogens is 1. The molecule has 1 aliphatic carbocycles. The van der Waals surface area contributed by atoms with Gasteiger partial charge in [0, 0.05) is 18.6 Å². The minimum Gasteiger partial charge on any atom is -0.294 e. The first-order chi connectivity index (χ1) is 6.18. The van der Waals surface area contributed by atoms with Gasteiger partial charge in [-0.1, -0.05) is 6.92 Å². The molecule has 0 aromatic rings. The second kappa shape index (κ2) is 2.28. The molecule has 2 unspecified atom stereocenters. The van der Waals surface area contributed by atoms with Gasteiger partial charge < -0.3 is 0 Å². The Morgan fingerprint density at radius 1 is 1.46 bits per heavy atom. The summed E-state index contributed by atoms with van der Waals surface area (Å²) in [7, 11) is 0. The second-order valence-electron chi connectivity index (χ2n) is 5.44. The SMILES string of the molecule is CCC12CC(F)CN1CC1(CC1)C2. The zero-order chi connectivity index (χ0) is 9.10. The normalized spacial score (nSPS) is 47.1. The maximum atomic E-state index is 13.3. The lowest BCUT2D eigenvalue weighted by Gasteiger charge is -2.29. The van der Waals surface area contributed by atoms with Crippen LogP contribution < -0.4 is 0 Å². The van der Waals surface area contributed by atoms with Crippen molar-refractivity contribution in [3.63, 3.8) is 0 Å². The topological polar surface area (TPSA) is 3.24 Å². The van der Waals surface area contributed by atoms with Crippen molar-refractivity contribution in [2.24, 2.45) is 5.41 Å². The van der Waals surface area contributed by atoms with Gasteiger partial charge >= 0.3 is 0 Å². The van der Waals surface area contributed by atoms with Gasteiger partial charge in [-0.2, -0.15) is 0 Å². The van der Waals surface area contributed by atoms with Crippen LogP contribution in [0.25, 0.3) is 0 Å². The molecule has 2 heterocycles. The second-order valence-corrected chi connectivity index (χ2v) is 5.44. The van der Waals surface area contributed by atoms with Crippen LogP contribution in [0, 0.1) is 5.41 Å². The van der Waals surface area contributed by atoms with Crippen LogP contribution in [0.5, 0.6) is 0 Å². The van der Waals surface area contributed by atoms with E-state index >= 15 is 0 Å². The van der Waals surface area contributed by atoms with Gasteiger partial charge in [0.05, 0.1) is 0 Å². The van der Waals surface area contributed by atoms with Crippen LogP contribution in [-0.4, -0.2) is 29.7 Å². The Morgan fingerprint density at radius 3 is 2.77 bits per heavy atom. The minimum atomic E-state index is -0.545. The number of nitrogens with zero attached hydrogens (tertiary/aromatic N) is 1. The van der Waals surface area contributed by atoms with E-state index in [1.807, 2.05) is 0 Å². The quantitative estimate of drug-likeness (QED) is 0.603. The van der Waals surface area contributed by atoms with Gasteiger partial charge in [-0.05, 0) is 37.5 Å². The Morgan fingerprint density at radius 2 is 2.23 bits per heavy atom. The van der Waals surface area contributed by atoms with Crippen molar-refractivity contribution < 1.29 is 4.39 Å². The van der Waals surface area contributed by atoms with Crippen molar-refractivity contribution in [2.75, 3.05) is 13.1 Å². The van der Waals surface area contributed by atoms with Gasteiger partial charge in [0.25, 0.3) is 0 Å². The van der Waals surface area contributed by atoms with Crippen LogP contribution in [-0.2, 0) is 0 Å². The highest BCUT2D eigenvalue weighted by Gasteiger charge is 2.60. The van der Waals surface area contributed by atoms with Gasteiger partial charge in [0.1, 0.15) is 6.17 Å². The molecular weight excluding hydrogens is 165 g/mol. The minimum absolute atomic E-state index is 0.274. The Balaban J connectivity index is 1.87. The van der Waals surface area contributed by atoms with Gasteiger partial charge in [0.2, 0.25) is 0 Å². The lowest BCUT2D eigenvalue weighted by molar-refractivity contribution is 0.189. The molecular formula is C11H18FN. The summed E-state index contributed by atoms with van der Waals surface area (Å²) in [4.78, 5) is 2.45. The first-order valence-corrected chi connectivity index (χ1v) is 5.57. The van der Waals surface area contributed by atoms with Crippen molar-refractivity contribution in [1.29, 1.82) is 0 Å². The molecule has 2 atom stereocenters. The smallest absolute Gasteiger partial charge is 0.115 e. The molecule has 1 nitrogen and oxygen atoms in total. The molecule has 0 bridgehead atoms. The molecule has 13 heavy (non-hydrogen) atoms. The first-order valence-electron chi connectivity index (χ1n) is 5.57. The third-order valence-electron chi connectivity index (χ3n) is 4.54. The van der Waals surface area contributed by atoms with E-state index in [0.29, 0.717) is 5.41 Å². The van der Waals surface area contributed by atoms with E-state index in [0.717, 1.165) is 19.4 Å². The molecule has 2 aliphatic heterocycles. The average Bonchev–Trinajstić information content (AvgIpc) is 2.64. The molecule has 3 fully saturated rings. The molecule has 0 amide bonds. The van der Waals surface area contributed by atoms with E-state index in [1.165, 1.54) is 25.8 Å². The molecule has 0 N–H and O–H groups in total. The number of fused-ring (bicyclic) bond motifs is 1. The number of hydrogen-bond acceptors (Lipinski definition) is 1.